The molecule has 1 aliphatic heterocycles. The Bertz CT molecular complexity index is 1180. The number of carbonyl (C=O) groups excluding carboxylic acids is 2. The van der Waals surface area contributed by atoms with Gasteiger partial charge < -0.3 is 10.6 Å². The van der Waals surface area contributed by atoms with Gasteiger partial charge in [0.15, 0.2) is 5.65 Å². The molecule has 2 N–H and O–H groups in total. The lowest BCUT2D eigenvalue weighted by molar-refractivity contribution is -0.117. The molecule has 0 aromatic carbocycles. The summed E-state index contributed by atoms with van der Waals surface area (Å²) < 4.78 is 3.56. The predicted molar refractivity (Wildman–Crippen MR) is 127 cm³/mol. The molecule has 0 radical (unpaired) electrons. The first kappa shape index (κ1) is 22.5. The molecule has 10 nitrogen and oxygen atoms in total. The maximum Gasteiger partial charge on any atom is 0.256 e. The molecule has 4 heterocycles. The molecule has 2 amide bonds. The second-order valence-electron chi connectivity index (χ2n) is 9.55. The summed E-state index contributed by atoms with van der Waals surface area (Å²) in [5, 5.41) is 14.9. The van der Waals surface area contributed by atoms with Crippen LogP contribution in [0.2, 0.25) is 0 Å². The van der Waals surface area contributed by atoms with E-state index in [1.54, 1.807) is 27.8 Å². The number of likely N-dealkylation sites (tertiary alicyclic amines) is 1. The third-order valence-corrected chi connectivity index (χ3v) is 6.84. The SMILES string of the molecule is CC(C)n1nccc1NC(=O)CN1CCC[C@@H]1c1ccnc2c(C(=O)NC3CCCC3)cnn12. The molecule has 2 aliphatic rings. The van der Waals surface area contributed by atoms with E-state index >= 15 is 0 Å². The summed E-state index contributed by atoms with van der Waals surface area (Å²) in [6.07, 6.45) is 11.3. The van der Waals surface area contributed by atoms with Gasteiger partial charge in [-0.2, -0.15) is 10.2 Å². The van der Waals surface area contributed by atoms with E-state index in [0.717, 1.165) is 50.8 Å². The Kier molecular flexibility index (Phi) is 6.32. The normalized spacial score (nSPS) is 19.3. The maximum atomic E-state index is 12.9. The molecule has 0 spiro atoms. The minimum Gasteiger partial charge on any atom is -0.349 e. The average molecular weight is 465 g/mol. The van der Waals surface area contributed by atoms with Crippen molar-refractivity contribution in [3.05, 3.63) is 42.0 Å². The van der Waals surface area contributed by atoms with Crippen molar-refractivity contribution >= 4 is 23.3 Å². The lowest BCUT2D eigenvalue weighted by atomic mass is 10.1. The fourth-order valence-electron chi connectivity index (χ4n) is 5.20. The number of carbonyl (C=O) groups is 2. The zero-order valence-corrected chi connectivity index (χ0v) is 19.8. The van der Waals surface area contributed by atoms with E-state index in [2.05, 4.69) is 30.7 Å². The van der Waals surface area contributed by atoms with Gasteiger partial charge in [0, 0.05) is 24.3 Å². The van der Waals surface area contributed by atoms with Crippen LogP contribution in [0.15, 0.2) is 30.7 Å². The van der Waals surface area contributed by atoms with Crippen molar-refractivity contribution in [2.75, 3.05) is 18.4 Å². The molecule has 0 unspecified atom stereocenters. The molecular formula is C24H32N8O2. The van der Waals surface area contributed by atoms with Crippen LogP contribution in [0.4, 0.5) is 5.82 Å². The van der Waals surface area contributed by atoms with Crippen molar-refractivity contribution in [3.8, 4) is 0 Å². The fourth-order valence-corrected chi connectivity index (χ4v) is 5.20. The van der Waals surface area contributed by atoms with Crippen molar-refractivity contribution in [1.82, 2.24) is 34.6 Å². The van der Waals surface area contributed by atoms with Gasteiger partial charge >= 0.3 is 0 Å². The van der Waals surface area contributed by atoms with Gasteiger partial charge in [-0.3, -0.25) is 14.5 Å². The smallest absolute Gasteiger partial charge is 0.256 e. The molecule has 3 aromatic heterocycles. The average Bonchev–Trinajstić information content (AvgIpc) is 3.60. The summed E-state index contributed by atoms with van der Waals surface area (Å²) in [5.74, 6) is 0.514. The highest BCUT2D eigenvalue weighted by atomic mass is 16.2. The monoisotopic (exact) mass is 464 g/mol. The molecule has 34 heavy (non-hydrogen) atoms. The Labute approximate surface area is 198 Å². The van der Waals surface area contributed by atoms with E-state index in [1.165, 1.54) is 0 Å². The number of hydrogen-bond acceptors (Lipinski definition) is 6. The van der Waals surface area contributed by atoms with Crippen LogP contribution >= 0.6 is 0 Å². The molecule has 180 valence electrons. The van der Waals surface area contributed by atoms with Crippen molar-refractivity contribution in [3.63, 3.8) is 0 Å². The number of fused-ring (bicyclic) bond motifs is 1. The van der Waals surface area contributed by atoms with E-state index in [4.69, 9.17) is 0 Å². The number of aromatic nitrogens is 5. The Morgan fingerprint density at radius 3 is 2.71 bits per heavy atom. The molecule has 3 aromatic rings. The number of amides is 2. The first-order valence-electron chi connectivity index (χ1n) is 12.2. The van der Waals surface area contributed by atoms with Crippen molar-refractivity contribution in [2.24, 2.45) is 0 Å². The molecular weight excluding hydrogens is 432 g/mol. The summed E-state index contributed by atoms with van der Waals surface area (Å²) in [6, 6.07) is 4.18. The van der Waals surface area contributed by atoms with Crippen LogP contribution in [-0.4, -0.2) is 60.2 Å². The van der Waals surface area contributed by atoms with E-state index < -0.39 is 0 Å². The zero-order chi connectivity index (χ0) is 23.7. The largest absolute Gasteiger partial charge is 0.349 e. The van der Waals surface area contributed by atoms with Crippen LogP contribution in [-0.2, 0) is 4.79 Å². The Hall–Kier alpha value is -3.27. The molecule has 1 atom stereocenters. The van der Waals surface area contributed by atoms with Gasteiger partial charge in [-0.1, -0.05) is 12.8 Å². The van der Waals surface area contributed by atoms with E-state index in [0.29, 0.717) is 17.0 Å². The van der Waals surface area contributed by atoms with Crippen LogP contribution in [0.25, 0.3) is 5.65 Å². The van der Waals surface area contributed by atoms with Crippen molar-refractivity contribution < 1.29 is 9.59 Å². The summed E-state index contributed by atoms with van der Waals surface area (Å²) in [6.45, 7) is 5.15. The van der Waals surface area contributed by atoms with Crippen molar-refractivity contribution in [2.45, 2.75) is 70.5 Å². The second kappa shape index (κ2) is 9.54. The standard InChI is InChI=1S/C24H32N8O2/c1-16(2)31-21(10-12-26-31)29-22(33)15-30-13-5-8-19(30)20-9-11-25-23-18(14-27-32(20)23)24(34)28-17-6-3-4-7-17/h9-12,14,16-17,19H,3-8,13,15H2,1-2H3,(H,28,34)(H,29,33)/t19-/m1/s1. The second-order valence-corrected chi connectivity index (χ2v) is 9.55. The number of anilines is 1. The number of nitrogens with zero attached hydrogens (tertiary/aromatic N) is 6. The van der Waals surface area contributed by atoms with Crippen LogP contribution in [0, 0.1) is 0 Å². The van der Waals surface area contributed by atoms with Gasteiger partial charge in [0.25, 0.3) is 5.91 Å². The first-order valence-corrected chi connectivity index (χ1v) is 12.2. The van der Waals surface area contributed by atoms with Gasteiger partial charge in [-0.25, -0.2) is 14.2 Å². The highest BCUT2D eigenvalue weighted by Crippen LogP contribution is 2.32. The highest BCUT2D eigenvalue weighted by molar-refractivity contribution is 5.99. The Morgan fingerprint density at radius 1 is 1.09 bits per heavy atom. The molecule has 1 aliphatic carbocycles. The lowest BCUT2D eigenvalue weighted by Crippen LogP contribution is -2.34. The third-order valence-electron chi connectivity index (χ3n) is 6.84. The molecule has 2 fully saturated rings. The van der Waals surface area contributed by atoms with Gasteiger partial charge in [0.1, 0.15) is 11.4 Å². The molecule has 10 heteroatoms. The van der Waals surface area contributed by atoms with Crippen LogP contribution in [0.5, 0.6) is 0 Å². The maximum absolute atomic E-state index is 12.9. The van der Waals surface area contributed by atoms with Crippen LogP contribution in [0.1, 0.15) is 80.5 Å². The first-order chi connectivity index (χ1) is 16.5. The molecule has 1 saturated heterocycles. The van der Waals surface area contributed by atoms with E-state index in [9.17, 15) is 9.59 Å². The number of nitrogens with one attached hydrogen (secondary N) is 2. The minimum atomic E-state index is -0.115. The highest BCUT2D eigenvalue weighted by Gasteiger charge is 2.31. The summed E-state index contributed by atoms with van der Waals surface area (Å²) >= 11 is 0. The Balaban J connectivity index is 1.32. The zero-order valence-electron chi connectivity index (χ0n) is 19.8. The van der Waals surface area contributed by atoms with Crippen LogP contribution in [0.3, 0.4) is 0 Å². The third kappa shape index (κ3) is 4.42. The summed E-state index contributed by atoms with van der Waals surface area (Å²) in [7, 11) is 0. The predicted octanol–water partition coefficient (Wildman–Crippen LogP) is 2.95. The Morgan fingerprint density at radius 2 is 1.91 bits per heavy atom. The van der Waals surface area contributed by atoms with Gasteiger partial charge in [0.2, 0.25) is 5.91 Å². The lowest BCUT2D eigenvalue weighted by Gasteiger charge is -2.24. The quantitative estimate of drug-likeness (QED) is 0.556. The summed E-state index contributed by atoms with van der Waals surface area (Å²) in [5.41, 5.74) is 2.01. The topological polar surface area (TPSA) is 109 Å². The van der Waals surface area contributed by atoms with E-state index in [-0.39, 0.29) is 36.5 Å². The molecule has 5 rings (SSSR count). The molecule has 0 bridgehead atoms. The van der Waals surface area contributed by atoms with Crippen molar-refractivity contribution in [1.29, 1.82) is 0 Å². The van der Waals surface area contributed by atoms with Crippen LogP contribution < -0.4 is 10.6 Å². The fraction of sp³-hybridized carbons (Fsp3) is 0.542. The minimum absolute atomic E-state index is 0.0249. The molecule has 1 saturated carbocycles. The number of hydrogen-bond donors (Lipinski definition) is 2. The van der Waals surface area contributed by atoms with E-state index in [1.807, 2.05) is 26.0 Å². The van der Waals surface area contributed by atoms with Gasteiger partial charge in [-0.15, -0.1) is 0 Å². The number of rotatable bonds is 7. The summed E-state index contributed by atoms with van der Waals surface area (Å²) in [4.78, 5) is 32.4. The van der Waals surface area contributed by atoms with Gasteiger partial charge in [-0.05, 0) is 52.1 Å². The van der Waals surface area contributed by atoms with Gasteiger partial charge in [0.05, 0.1) is 30.7 Å².